The number of anilines is 2. The first-order chi connectivity index (χ1) is 25.2. The van der Waals surface area contributed by atoms with Crippen molar-refractivity contribution in [3.8, 4) is 5.75 Å². The summed E-state index contributed by atoms with van der Waals surface area (Å²) in [4.78, 5) is 61.1. The molecule has 4 aromatic rings. The zero-order valence-electron chi connectivity index (χ0n) is 27.8. The molecule has 3 fully saturated rings. The van der Waals surface area contributed by atoms with Crippen LogP contribution in [-0.4, -0.2) is 59.1 Å². The quantitative estimate of drug-likeness (QED) is 0.142. The van der Waals surface area contributed by atoms with Gasteiger partial charge in [0.05, 0.1) is 41.2 Å². The topological polar surface area (TPSA) is 145 Å². The van der Waals surface area contributed by atoms with Gasteiger partial charge in [0.15, 0.2) is 0 Å². The number of imide groups is 2. The molecule has 6 unspecified atom stereocenters. The van der Waals surface area contributed by atoms with Crippen LogP contribution in [0.15, 0.2) is 115 Å². The van der Waals surface area contributed by atoms with Gasteiger partial charge in [0, 0.05) is 10.9 Å². The Morgan fingerprint density at radius 1 is 0.788 bits per heavy atom. The van der Waals surface area contributed by atoms with Gasteiger partial charge >= 0.3 is 7.12 Å². The first kappa shape index (κ1) is 34.0. The molecular weight excluding hydrogens is 683 g/mol. The van der Waals surface area contributed by atoms with Crippen LogP contribution in [0.25, 0.3) is 0 Å². The Bertz CT molecular complexity index is 2130. The third-order valence-electron chi connectivity index (χ3n) is 11.2. The maximum atomic E-state index is 15.3. The highest BCUT2D eigenvalue weighted by Crippen LogP contribution is 2.64. The zero-order chi connectivity index (χ0) is 36.3. The molecule has 2 aliphatic heterocycles. The predicted molar refractivity (Wildman–Crippen MR) is 194 cm³/mol. The van der Waals surface area contributed by atoms with Gasteiger partial charge in [0.25, 0.3) is 0 Å². The fourth-order valence-corrected chi connectivity index (χ4v) is 9.30. The molecule has 0 aromatic heterocycles. The number of hydrogen-bond acceptors (Lipinski definition) is 8. The number of nitrogens with zero attached hydrogens (tertiary/aromatic N) is 2. The Labute approximate surface area is 305 Å². The molecule has 3 N–H and O–H groups in total. The average Bonchev–Trinajstić information content (AvgIpc) is 3.55. The van der Waals surface area contributed by atoms with Crippen LogP contribution in [0.1, 0.15) is 29.9 Å². The van der Waals surface area contributed by atoms with Crippen molar-refractivity contribution in [2.24, 2.45) is 23.7 Å². The Hall–Kier alpha value is -5.07. The molecule has 262 valence electrons. The number of aliphatic hydroxyl groups excluding tert-OH is 1. The number of ether oxygens (including phenoxy) is 1. The van der Waals surface area contributed by atoms with Crippen LogP contribution in [0.5, 0.6) is 5.75 Å². The second-order valence-corrected chi connectivity index (χ2v) is 14.2. The minimum Gasteiger partial charge on any atom is -0.491 e. The van der Waals surface area contributed by atoms with Crippen molar-refractivity contribution < 1.29 is 39.1 Å². The van der Waals surface area contributed by atoms with E-state index in [1.54, 1.807) is 48.5 Å². The van der Waals surface area contributed by atoms with Crippen LogP contribution < -0.4 is 20.0 Å². The summed E-state index contributed by atoms with van der Waals surface area (Å²) in [6, 6.07) is 29.2. The molecule has 12 heteroatoms. The Morgan fingerprint density at radius 2 is 1.50 bits per heavy atom. The van der Waals surface area contributed by atoms with E-state index in [9.17, 15) is 29.5 Å². The summed E-state index contributed by atoms with van der Waals surface area (Å²) in [5, 5.41) is 29.3. The Balaban J connectivity index is 1.31. The fourth-order valence-electron chi connectivity index (χ4n) is 9.12. The van der Waals surface area contributed by atoms with Gasteiger partial charge in [-0.2, -0.15) is 0 Å². The fraction of sp³-hybridized carbons (Fsp3) is 0.250. The van der Waals surface area contributed by atoms with E-state index in [4.69, 9.17) is 16.3 Å². The van der Waals surface area contributed by atoms with Crippen LogP contribution in [-0.2, 0) is 24.6 Å². The maximum Gasteiger partial charge on any atom is 0.488 e. The molecule has 2 saturated heterocycles. The molecule has 2 heterocycles. The van der Waals surface area contributed by atoms with Crippen molar-refractivity contribution in [3.63, 3.8) is 0 Å². The van der Waals surface area contributed by atoms with Gasteiger partial charge in [0.2, 0.25) is 23.6 Å². The number of allylic oxidation sites excluding steroid dienone is 2. The van der Waals surface area contributed by atoms with E-state index in [2.05, 4.69) is 0 Å². The molecule has 2 aliphatic carbocycles. The molecule has 6 atom stereocenters. The van der Waals surface area contributed by atoms with E-state index < -0.39 is 65.8 Å². The molecule has 8 rings (SSSR count). The number of amides is 4. The van der Waals surface area contributed by atoms with Crippen LogP contribution in [0, 0.1) is 23.7 Å². The molecule has 4 amide bonds. The van der Waals surface area contributed by atoms with Gasteiger partial charge in [-0.3, -0.25) is 24.1 Å². The van der Waals surface area contributed by atoms with E-state index in [0.717, 1.165) is 16.0 Å². The van der Waals surface area contributed by atoms with Gasteiger partial charge in [-0.05, 0) is 77.8 Å². The molecule has 52 heavy (non-hydrogen) atoms. The lowest BCUT2D eigenvalue weighted by molar-refractivity contribution is -0.127. The van der Waals surface area contributed by atoms with E-state index in [1.165, 1.54) is 17.0 Å². The first-order valence-corrected chi connectivity index (χ1v) is 17.6. The van der Waals surface area contributed by atoms with E-state index in [-0.39, 0.29) is 37.2 Å². The molecular formula is C40H34BClN2O8. The second kappa shape index (κ2) is 13.2. The summed E-state index contributed by atoms with van der Waals surface area (Å²) >= 11 is 6.39. The molecule has 0 spiro atoms. The highest BCUT2D eigenvalue weighted by molar-refractivity contribution is 6.58. The standard InChI is InChI=1S/C40H34BClN2O8/c42-26-9-5-11-28(21-26)44-37(47)33-22-32-30(16-17-31-34(32)38(48)43(36(31)46)27-10-4-8-25(20-27)41(50)51)35(23-12-14-29(15-13-23)52-19-18-45)40(33,39(44)49)24-6-2-1-3-7-24/h1-16,20-21,31-35,45,50-51H,17-19,22H2. The number of hydrogen-bond donors (Lipinski definition) is 3. The summed E-state index contributed by atoms with van der Waals surface area (Å²) < 4.78 is 5.66. The third-order valence-corrected chi connectivity index (χ3v) is 11.4. The van der Waals surface area contributed by atoms with Crippen molar-refractivity contribution in [2.75, 3.05) is 23.0 Å². The van der Waals surface area contributed by atoms with E-state index in [0.29, 0.717) is 22.0 Å². The van der Waals surface area contributed by atoms with Crippen LogP contribution in [0.4, 0.5) is 11.4 Å². The summed E-state index contributed by atoms with van der Waals surface area (Å²) in [5.41, 5.74) is 1.50. The molecule has 0 radical (unpaired) electrons. The van der Waals surface area contributed by atoms with E-state index >= 15 is 4.79 Å². The molecule has 1 saturated carbocycles. The summed E-state index contributed by atoms with van der Waals surface area (Å²) in [6.45, 7) is -0.0611. The smallest absolute Gasteiger partial charge is 0.488 e. The number of aliphatic hydroxyl groups is 1. The summed E-state index contributed by atoms with van der Waals surface area (Å²) in [6.07, 6.45) is 2.36. The van der Waals surface area contributed by atoms with Crippen molar-refractivity contribution in [2.45, 2.75) is 24.2 Å². The van der Waals surface area contributed by atoms with Gasteiger partial charge < -0.3 is 19.9 Å². The lowest BCUT2D eigenvalue weighted by Gasteiger charge is -2.50. The number of halogens is 1. The number of benzene rings is 4. The van der Waals surface area contributed by atoms with Gasteiger partial charge in [-0.1, -0.05) is 83.9 Å². The highest BCUT2D eigenvalue weighted by atomic mass is 35.5. The largest absolute Gasteiger partial charge is 0.491 e. The molecule has 4 aromatic carbocycles. The monoisotopic (exact) mass is 716 g/mol. The normalized spacial score (nSPS) is 26.5. The van der Waals surface area contributed by atoms with Gasteiger partial charge in [-0.15, -0.1) is 0 Å². The third kappa shape index (κ3) is 5.14. The minimum atomic E-state index is -1.79. The lowest BCUT2D eigenvalue weighted by atomic mass is 9.49. The average molecular weight is 717 g/mol. The van der Waals surface area contributed by atoms with Crippen molar-refractivity contribution in [1.82, 2.24) is 0 Å². The van der Waals surface area contributed by atoms with Crippen molar-refractivity contribution in [1.29, 1.82) is 0 Å². The van der Waals surface area contributed by atoms with Crippen molar-refractivity contribution >= 4 is 59.2 Å². The highest BCUT2D eigenvalue weighted by Gasteiger charge is 2.70. The predicted octanol–water partition coefficient (Wildman–Crippen LogP) is 3.76. The molecule has 10 nitrogen and oxygen atoms in total. The SMILES string of the molecule is O=C1C2CC=C3C(CC4C(=O)N(c5cccc(Cl)c5)C(=O)C4(c4ccccc4)C3c3ccc(OCCO)cc3)C2C(=O)N1c1cccc(B(O)O)c1. The molecule has 4 aliphatic rings. The zero-order valence-corrected chi connectivity index (χ0v) is 28.6. The van der Waals surface area contributed by atoms with Gasteiger partial charge in [0.1, 0.15) is 12.4 Å². The second-order valence-electron chi connectivity index (χ2n) is 13.7. The van der Waals surface area contributed by atoms with Crippen LogP contribution >= 0.6 is 11.6 Å². The van der Waals surface area contributed by atoms with Crippen LogP contribution in [0.3, 0.4) is 0 Å². The van der Waals surface area contributed by atoms with Crippen molar-refractivity contribution in [3.05, 3.63) is 131 Å². The number of carbonyl (C=O) groups is 4. The number of fused-ring (bicyclic) bond motifs is 4. The molecule has 0 bridgehead atoms. The van der Waals surface area contributed by atoms with E-state index in [1.807, 2.05) is 48.5 Å². The summed E-state index contributed by atoms with van der Waals surface area (Å²) in [5.74, 6) is -4.85. The number of rotatable bonds is 8. The maximum absolute atomic E-state index is 15.3. The summed E-state index contributed by atoms with van der Waals surface area (Å²) in [7, 11) is -1.79. The Kier molecular flexibility index (Phi) is 8.62. The number of carbonyl (C=O) groups excluding carboxylic acids is 4. The van der Waals surface area contributed by atoms with Gasteiger partial charge in [-0.25, -0.2) is 4.90 Å². The Morgan fingerprint density at radius 3 is 2.19 bits per heavy atom. The van der Waals surface area contributed by atoms with Crippen LogP contribution in [0.2, 0.25) is 5.02 Å². The lowest BCUT2D eigenvalue weighted by Crippen LogP contribution is -2.53. The minimum absolute atomic E-state index is 0.101. The first-order valence-electron chi connectivity index (χ1n) is 17.2.